The topological polar surface area (TPSA) is 349 Å². The second kappa shape index (κ2) is 32.1. The summed E-state index contributed by atoms with van der Waals surface area (Å²) in [6.07, 6.45) is 10.6. The summed E-state index contributed by atoms with van der Waals surface area (Å²) in [7, 11) is 9.36. The fourth-order valence-corrected chi connectivity index (χ4v) is 11.4. The van der Waals surface area contributed by atoms with Gasteiger partial charge in [0.25, 0.3) is 17.7 Å². The van der Waals surface area contributed by atoms with Gasteiger partial charge in [0.2, 0.25) is 17.7 Å². The Bertz CT molecular complexity index is 4010. The number of aromatic nitrogens is 6. The molecule has 0 radical (unpaired) electrons. The minimum Gasteiger partial charge on any atom is -0.497 e. The van der Waals surface area contributed by atoms with Gasteiger partial charge in [-0.2, -0.15) is 15.3 Å². The van der Waals surface area contributed by atoms with Crippen LogP contribution >= 0.6 is 0 Å². The van der Waals surface area contributed by atoms with Gasteiger partial charge in [0.1, 0.15) is 68.6 Å². The maximum atomic E-state index is 12.5. The van der Waals surface area contributed by atoms with Crippen molar-refractivity contribution < 1.29 is 57.2 Å². The highest BCUT2D eigenvalue weighted by atomic mass is 16.5. The highest BCUT2D eigenvalue weighted by Crippen LogP contribution is 2.36. The van der Waals surface area contributed by atoms with E-state index in [0.29, 0.717) is 145 Å². The maximum absolute atomic E-state index is 12.5. The van der Waals surface area contributed by atoms with Gasteiger partial charge >= 0.3 is 0 Å². The molecular formula is C71H81N15O12. The summed E-state index contributed by atoms with van der Waals surface area (Å²) in [5.41, 5.74) is 26.5. The minimum absolute atomic E-state index is 0.0610. The number of anilines is 3. The number of carbonyl (C=O) groups is 6. The van der Waals surface area contributed by atoms with E-state index in [1.165, 1.54) is 22.9 Å². The Morgan fingerprint density at radius 1 is 0.439 bits per heavy atom. The van der Waals surface area contributed by atoms with Gasteiger partial charge < -0.3 is 76.7 Å². The van der Waals surface area contributed by atoms with Crippen LogP contribution in [0.1, 0.15) is 128 Å². The van der Waals surface area contributed by atoms with Crippen LogP contribution in [0.5, 0.6) is 34.5 Å². The molecule has 512 valence electrons. The number of nitrogens with zero attached hydrogens (tertiary/aromatic N) is 9. The fourth-order valence-electron chi connectivity index (χ4n) is 11.4. The standard InChI is InChI=1S/2C25H29N5O4.C21H23N5O4/c2*1-4-22(31)29-10-9-18(15-29)30-25(27-14-16-5-6-16)23(24(26)32)21(28-30)8-7-17-11-19(33-2)13-20(12-17)34-3;1-4-18(27)25-8-7-14(12-25)26-20(22)19(21(23)28)17(24-26)6-5-13-9-15(29-2)11-16(10-13)30-3/h2*4,11-13,16,18,27H,1,5-6,9-10,14-15H2,2-3H3,(H2,26,32);4,9-11,14H,1,7-8,12,22H2,2-3H3,(H2,23,28)/t2*18-;14-/m000/s1. The van der Waals surface area contributed by atoms with E-state index in [1.54, 1.807) is 121 Å². The number of nitrogens with two attached hydrogens (primary N) is 4. The molecule has 3 aromatic carbocycles. The molecule has 6 aromatic rings. The summed E-state index contributed by atoms with van der Waals surface area (Å²) in [6, 6.07) is 15.4. The van der Waals surface area contributed by atoms with E-state index in [9.17, 15) is 28.8 Å². The zero-order valence-electron chi connectivity index (χ0n) is 55.8. The molecule has 27 heteroatoms. The minimum atomic E-state index is -0.719. The lowest BCUT2D eigenvalue weighted by molar-refractivity contribution is -0.125. The first-order chi connectivity index (χ1) is 47.2. The molecule has 11 rings (SSSR count). The van der Waals surface area contributed by atoms with Gasteiger partial charge in [-0.25, -0.2) is 14.0 Å². The Morgan fingerprint density at radius 2 is 0.714 bits per heavy atom. The first-order valence-electron chi connectivity index (χ1n) is 31.7. The fraction of sp³-hybridized carbons (Fsp3) is 0.366. The molecular weight excluding hydrogens is 1250 g/mol. The summed E-state index contributed by atoms with van der Waals surface area (Å²) in [6.45, 7) is 15.2. The molecule has 0 spiro atoms. The van der Waals surface area contributed by atoms with E-state index in [2.05, 4.69) is 81.2 Å². The van der Waals surface area contributed by atoms with E-state index in [-0.39, 0.29) is 64.0 Å². The molecule has 3 saturated heterocycles. The van der Waals surface area contributed by atoms with Crippen molar-refractivity contribution in [3.05, 3.63) is 143 Å². The van der Waals surface area contributed by atoms with Crippen LogP contribution in [0.4, 0.5) is 17.5 Å². The largest absolute Gasteiger partial charge is 0.497 e. The lowest BCUT2D eigenvalue weighted by atomic mass is 10.1. The van der Waals surface area contributed by atoms with Crippen LogP contribution < -0.4 is 62.0 Å². The molecule has 0 bridgehead atoms. The Balaban J connectivity index is 0.000000172. The number of amides is 6. The number of rotatable bonds is 21. The molecule has 10 N–H and O–H groups in total. The second-order valence-electron chi connectivity index (χ2n) is 23.7. The van der Waals surface area contributed by atoms with Gasteiger partial charge in [-0.1, -0.05) is 37.5 Å². The number of nitrogen functional groups attached to an aromatic ring is 1. The quantitative estimate of drug-likeness (QED) is 0.0393. The number of methoxy groups -OCH3 is 6. The van der Waals surface area contributed by atoms with Crippen molar-refractivity contribution in [2.24, 2.45) is 29.0 Å². The van der Waals surface area contributed by atoms with Gasteiger partial charge in [0.15, 0.2) is 17.1 Å². The third kappa shape index (κ3) is 17.2. The zero-order chi connectivity index (χ0) is 70.3. The highest BCUT2D eigenvalue weighted by molar-refractivity contribution is 6.01. The molecule has 2 saturated carbocycles. The van der Waals surface area contributed by atoms with E-state index in [1.807, 2.05) is 0 Å². The van der Waals surface area contributed by atoms with Gasteiger partial charge in [0, 0.05) is 87.2 Å². The van der Waals surface area contributed by atoms with E-state index < -0.39 is 17.7 Å². The molecule has 3 atom stereocenters. The third-order valence-corrected chi connectivity index (χ3v) is 17.0. The van der Waals surface area contributed by atoms with Crippen LogP contribution in [-0.4, -0.2) is 175 Å². The van der Waals surface area contributed by atoms with E-state index in [4.69, 9.17) is 51.4 Å². The number of hydrogen-bond acceptors (Lipinski definition) is 18. The number of benzene rings is 3. The summed E-state index contributed by atoms with van der Waals surface area (Å²) in [5.74, 6) is 21.6. The van der Waals surface area contributed by atoms with Crippen molar-refractivity contribution in [3.8, 4) is 70.0 Å². The van der Waals surface area contributed by atoms with Crippen LogP contribution in [0.2, 0.25) is 0 Å². The van der Waals surface area contributed by atoms with Crippen molar-refractivity contribution in [2.75, 3.05) is 111 Å². The van der Waals surface area contributed by atoms with Crippen LogP contribution in [0, 0.1) is 47.4 Å². The highest BCUT2D eigenvalue weighted by Gasteiger charge is 2.36. The normalized spacial score (nSPS) is 16.5. The lowest BCUT2D eigenvalue weighted by Gasteiger charge is -2.17. The Labute approximate surface area is 568 Å². The monoisotopic (exact) mass is 1340 g/mol. The SMILES string of the molecule is C=CC(=O)N1CC[C@H](n2nc(C#Cc3cc(OC)cc(OC)c3)c(C(N)=O)c2N)C1.C=CC(=O)N1CC[C@H](n2nc(C#Cc3cc(OC)cc(OC)c3)c(C(N)=O)c2NCC2CC2)C1.C=CC(=O)N1CC[C@H](n2nc(C#Cc3cc(OC)cc(OC)c3)c(C(N)=O)c2NCC2CC2)C1. The average molecular weight is 1340 g/mol. The van der Waals surface area contributed by atoms with Gasteiger partial charge in [0.05, 0.1) is 60.8 Å². The molecule has 5 aliphatic rings. The molecule has 5 fully saturated rings. The van der Waals surface area contributed by atoms with Crippen molar-refractivity contribution >= 4 is 52.9 Å². The number of likely N-dealkylation sites (tertiary alicyclic amines) is 3. The first kappa shape index (κ1) is 70.5. The summed E-state index contributed by atoms with van der Waals surface area (Å²) in [4.78, 5) is 78.1. The smallest absolute Gasteiger partial charge is 0.255 e. The van der Waals surface area contributed by atoms with E-state index in [0.717, 1.165) is 38.8 Å². The molecule has 6 amide bonds. The number of carbonyl (C=O) groups excluding carboxylic acids is 6. The summed E-state index contributed by atoms with van der Waals surface area (Å²) in [5, 5.41) is 20.6. The number of hydrogen-bond donors (Lipinski definition) is 6. The summed E-state index contributed by atoms with van der Waals surface area (Å²) >= 11 is 0. The van der Waals surface area contributed by atoms with Crippen LogP contribution in [-0.2, 0) is 14.4 Å². The predicted molar refractivity (Wildman–Crippen MR) is 367 cm³/mol. The van der Waals surface area contributed by atoms with Gasteiger partial charge in [-0.3, -0.25) is 28.8 Å². The van der Waals surface area contributed by atoms with Crippen molar-refractivity contribution in [3.63, 3.8) is 0 Å². The van der Waals surface area contributed by atoms with Crippen molar-refractivity contribution in [1.29, 1.82) is 0 Å². The average Bonchev–Trinajstić information content (AvgIpc) is 1.65. The second-order valence-corrected chi connectivity index (χ2v) is 23.7. The maximum Gasteiger partial charge on any atom is 0.255 e. The third-order valence-electron chi connectivity index (χ3n) is 17.0. The zero-order valence-corrected chi connectivity index (χ0v) is 55.8. The van der Waals surface area contributed by atoms with Crippen LogP contribution in [0.25, 0.3) is 0 Å². The summed E-state index contributed by atoms with van der Waals surface area (Å²) < 4.78 is 36.8. The molecule has 6 heterocycles. The Kier molecular flexibility index (Phi) is 23.1. The predicted octanol–water partition coefficient (Wildman–Crippen LogP) is 5.30. The lowest BCUT2D eigenvalue weighted by Crippen LogP contribution is -2.27. The molecule has 27 nitrogen and oxygen atoms in total. The van der Waals surface area contributed by atoms with Crippen LogP contribution in [0.15, 0.2) is 92.6 Å². The van der Waals surface area contributed by atoms with Crippen LogP contribution in [0.3, 0.4) is 0 Å². The van der Waals surface area contributed by atoms with Gasteiger partial charge in [-0.05, 0) is 129 Å². The number of primary amides is 3. The molecule has 3 aliphatic heterocycles. The molecule has 0 unspecified atom stereocenters. The van der Waals surface area contributed by atoms with Gasteiger partial charge in [-0.15, -0.1) is 0 Å². The molecule has 98 heavy (non-hydrogen) atoms. The number of nitrogens with one attached hydrogen (secondary N) is 2. The molecule has 3 aromatic heterocycles. The van der Waals surface area contributed by atoms with E-state index >= 15 is 0 Å². The first-order valence-corrected chi connectivity index (χ1v) is 31.7. The number of ether oxygens (including phenoxy) is 6. The molecule has 2 aliphatic carbocycles. The Hall–Kier alpha value is -11.8. The van der Waals surface area contributed by atoms with Crippen molar-refractivity contribution in [1.82, 2.24) is 44.0 Å². The Morgan fingerprint density at radius 3 is 0.980 bits per heavy atom. The van der Waals surface area contributed by atoms with Crippen molar-refractivity contribution in [2.45, 2.75) is 63.1 Å².